The van der Waals surface area contributed by atoms with E-state index >= 15 is 0 Å². The van der Waals surface area contributed by atoms with Crippen LogP contribution in [0.1, 0.15) is 37.3 Å². The molecular weight excluding hydrogens is 638 g/mol. The first-order valence-corrected chi connectivity index (χ1v) is 15.5. The minimum absolute atomic E-state index is 0.0674. The molecule has 0 aliphatic rings. The van der Waals surface area contributed by atoms with E-state index in [-0.39, 0.29) is 38.2 Å². The standard InChI is InChI=1S/C32H45N9O8/c1-18(42)26(41-27(44)21(33)15-19-9-4-2-5-10-19)30(47)39-23(16-20-11-6-3-7-12-20)29(46)38-22(13-8-14-37-32(35)36)28(45)40-24(31(48)49)17-25(34)43/h2-7,9-12,18,21-24,26,42H,8,13-17,33H2,1H3,(H2,34,43)(H,38,46)(H,39,47)(H,40,45)(H,41,44)(H,48,49)(H4,35,36,37)/t18-,21+,22+,23+,24+,26+/m1/s1. The maximum absolute atomic E-state index is 13.7. The fraction of sp³-hybridized carbons (Fsp3) is 0.406. The van der Waals surface area contributed by atoms with Crippen molar-refractivity contribution in [2.75, 3.05) is 6.54 Å². The Bertz CT molecular complexity index is 1450. The van der Waals surface area contributed by atoms with Gasteiger partial charge in [0, 0.05) is 13.0 Å². The molecule has 0 fully saturated rings. The number of carboxylic acid groups (broad SMARTS) is 1. The number of carbonyl (C=O) groups excluding carboxylic acids is 5. The minimum Gasteiger partial charge on any atom is -0.480 e. The molecule has 49 heavy (non-hydrogen) atoms. The smallest absolute Gasteiger partial charge is 0.326 e. The quantitative estimate of drug-likeness (QED) is 0.0384. The normalized spacial score (nSPS) is 14.4. The number of amides is 5. The Balaban J connectivity index is 2.30. The molecule has 266 valence electrons. The molecule has 0 saturated heterocycles. The molecule has 0 unspecified atom stereocenters. The summed E-state index contributed by atoms with van der Waals surface area (Å²) in [5.41, 5.74) is 23.3. The second-order valence-electron chi connectivity index (χ2n) is 11.4. The summed E-state index contributed by atoms with van der Waals surface area (Å²) in [7, 11) is 0. The molecule has 0 saturated carbocycles. The van der Waals surface area contributed by atoms with Gasteiger partial charge in [-0.3, -0.25) is 29.0 Å². The van der Waals surface area contributed by atoms with E-state index in [9.17, 15) is 39.0 Å². The number of carboxylic acids is 1. The number of hydrogen-bond acceptors (Lipinski definition) is 9. The Morgan fingerprint density at radius 2 is 1.22 bits per heavy atom. The summed E-state index contributed by atoms with van der Waals surface area (Å²) in [6, 6.07) is 10.6. The number of nitrogens with one attached hydrogen (secondary N) is 4. The number of guanidine groups is 1. The Labute approximate surface area is 283 Å². The summed E-state index contributed by atoms with van der Waals surface area (Å²) < 4.78 is 0. The van der Waals surface area contributed by atoms with Crippen molar-refractivity contribution in [1.29, 1.82) is 0 Å². The third-order valence-electron chi connectivity index (χ3n) is 7.21. The molecule has 17 heteroatoms. The van der Waals surface area contributed by atoms with Crippen LogP contribution in [0.5, 0.6) is 0 Å². The third kappa shape index (κ3) is 14.4. The van der Waals surface area contributed by atoms with Gasteiger partial charge in [-0.2, -0.15) is 0 Å². The molecule has 0 aliphatic carbocycles. The van der Waals surface area contributed by atoms with Crippen LogP contribution in [0.2, 0.25) is 0 Å². The number of benzene rings is 2. The van der Waals surface area contributed by atoms with Crippen LogP contribution in [-0.4, -0.2) is 94.5 Å². The zero-order valence-corrected chi connectivity index (χ0v) is 27.1. The second-order valence-corrected chi connectivity index (χ2v) is 11.4. The van der Waals surface area contributed by atoms with Crippen LogP contribution in [-0.2, 0) is 41.6 Å². The van der Waals surface area contributed by atoms with Crippen molar-refractivity contribution >= 4 is 41.5 Å². The highest BCUT2D eigenvalue weighted by atomic mass is 16.4. The van der Waals surface area contributed by atoms with Gasteiger partial charge >= 0.3 is 5.97 Å². The molecular formula is C32H45N9O8. The summed E-state index contributed by atoms with van der Waals surface area (Å²) in [4.78, 5) is 80.2. The molecule has 0 aliphatic heterocycles. The zero-order valence-electron chi connectivity index (χ0n) is 27.1. The first-order chi connectivity index (χ1) is 23.2. The molecule has 17 nitrogen and oxygen atoms in total. The predicted molar refractivity (Wildman–Crippen MR) is 179 cm³/mol. The van der Waals surface area contributed by atoms with Crippen molar-refractivity contribution in [3.8, 4) is 0 Å². The van der Waals surface area contributed by atoms with Gasteiger partial charge in [-0.05, 0) is 37.3 Å². The highest BCUT2D eigenvalue weighted by Gasteiger charge is 2.33. The van der Waals surface area contributed by atoms with E-state index in [1.807, 2.05) is 6.07 Å². The lowest BCUT2D eigenvalue weighted by molar-refractivity contribution is -0.143. The first kappa shape index (κ1) is 39.6. The fourth-order valence-electron chi connectivity index (χ4n) is 4.67. The molecule has 0 spiro atoms. The summed E-state index contributed by atoms with van der Waals surface area (Å²) in [5, 5.41) is 29.6. The Kier molecular flexibility index (Phi) is 16.1. The number of aliphatic hydroxyl groups excluding tert-OH is 1. The monoisotopic (exact) mass is 683 g/mol. The van der Waals surface area contributed by atoms with Gasteiger partial charge in [-0.25, -0.2) is 4.79 Å². The van der Waals surface area contributed by atoms with E-state index in [4.69, 9.17) is 22.9 Å². The van der Waals surface area contributed by atoms with Crippen LogP contribution in [0.25, 0.3) is 0 Å². The van der Waals surface area contributed by atoms with Gasteiger partial charge in [0.15, 0.2) is 5.96 Å². The lowest BCUT2D eigenvalue weighted by atomic mass is 10.0. The van der Waals surface area contributed by atoms with Crippen LogP contribution >= 0.6 is 0 Å². The average Bonchev–Trinajstić information content (AvgIpc) is 3.04. The number of primary amides is 1. The van der Waals surface area contributed by atoms with Crippen molar-refractivity contribution in [2.45, 2.75) is 75.3 Å². The molecule has 5 amide bonds. The van der Waals surface area contributed by atoms with E-state index in [0.29, 0.717) is 5.56 Å². The van der Waals surface area contributed by atoms with Crippen molar-refractivity contribution in [1.82, 2.24) is 21.3 Å². The van der Waals surface area contributed by atoms with E-state index in [1.54, 1.807) is 54.6 Å². The van der Waals surface area contributed by atoms with Gasteiger partial charge in [0.2, 0.25) is 29.5 Å². The topological polar surface area (TPSA) is 307 Å². The molecule has 0 bridgehead atoms. The van der Waals surface area contributed by atoms with E-state index < -0.39 is 78.2 Å². The Hall–Kier alpha value is -5.55. The minimum atomic E-state index is -1.68. The first-order valence-electron chi connectivity index (χ1n) is 15.5. The summed E-state index contributed by atoms with van der Waals surface area (Å²) in [6.07, 6.45) is -1.93. The third-order valence-corrected chi connectivity index (χ3v) is 7.21. The number of aliphatic imine (C=N–C) groups is 1. The van der Waals surface area contributed by atoms with Crippen molar-refractivity contribution in [3.05, 3.63) is 71.8 Å². The lowest BCUT2D eigenvalue weighted by Crippen LogP contribution is -2.61. The van der Waals surface area contributed by atoms with E-state index in [0.717, 1.165) is 5.56 Å². The Morgan fingerprint density at radius 3 is 1.73 bits per heavy atom. The number of nitrogens with two attached hydrogens (primary N) is 4. The average molecular weight is 684 g/mol. The fourth-order valence-corrected chi connectivity index (χ4v) is 4.67. The summed E-state index contributed by atoms with van der Waals surface area (Å²) in [6.45, 7) is 1.35. The zero-order chi connectivity index (χ0) is 36.5. The maximum Gasteiger partial charge on any atom is 0.326 e. The molecule has 0 aromatic heterocycles. The van der Waals surface area contributed by atoms with Gasteiger partial charge < -0.3 is 54.4 Å². The molecule has 6 atom stereocenters. The highest BCUT2D eigenvalue weighted by Crippen LogP contribution is 2.08. The second kappa shape index (κ2) is 20.0. The lowest BCUT2D eigenvalue weighted by Gasteiger charge is -2.27. The van der Waals surface area contributed by atoms with Gasteiger partial charge in [0.1, 0.15) is 24.2 Å². The maximum atomic E-state index is 13.7. The Morgan fingerprint density at radius 1 is 0.714 bits per heavy atom. The summed E-state index contributed by atoms with van der Waals surface area (Å²) >= 11 is 0. The van der Waals surface area contributed by atoms with Gasteiger partial charge in [-0.15, -0.1) is 0 Å². The van der Waals surface area contributed by atoms with Crippen molar-refractivity contribution in [2.24, 2.45) is 27.9 Å². The predicted octanol–water partition coefficient (Wildman–Crippen LogP) is -2.87. The molecule has 2 aromatic carbocycles. The van der Waals surface area contributed by atoms with Crippen LogP contribution in [0, 0.1) is 0 Å². The molecule has 2 rings (SSSR count). The molecule has 2 aromatic rings. The SMILES string of the molecule is C[C@@H](O)[C@H](NC(=O)[C@@H](N)Cc1ccccc1)C(=O)N[C@@H](Cc1ccccc1)C(=O)N[C@@H](CCCN=C(N)N)C(=O)N[C@@H](CC(N)=O)C(=O)O. The molecule has 0 radical (unpaired) electrons. The number of carbonyl (C=O) groups is 6. The van der Waals surface area contributed by atoms with Crippen molar-refractivity contribution < 1.29 is 39.0 Å². The van der Waals surface area contributed by atoms with Crippen LogP contribution < -0.4 is 44.2 Å². The van der Waals surface area contributed by atoms with Crippen LogP contribution in [0.15, 0.2) is 65.7 Å². The van der Waals surface area contributed by atoms with Gasteiger partial charge in [-0.1, -0.05) is 60.7 Å². The number of aliphatic hydroxyl groups is 1. The van der Waals surface area contributed by atoms with Crippen molar-refractivity contribution in [3.63, 3.8) is 0 Å². The number of nitrogens with zero attached hydrogens (tertiary/aromatic N) is 1. The number of aliphatic carboxylic acids is 1. The number of rotatable bonds is 20. The van der Waals surface area contributed by atoms with Gasteiger partial charge in [0.25, 0.3) is 0 Å². The van der Waals surface area contributed by atoms with E-state index in [1.165, 1.54) is 6.92 Å². The van der Waals surface area contributed by atoms with E-state index in [2.05, 4.69) is 26.3 Å². The summed E-state index contributed by atoms with van der Waals surface area (Å²) in [5.74, 6) is -6.13. The van der Waals surface area contributed by atoms with Gasteiger partial charge in [0.05, 0.1) is 18.6 Å². The largest absolute Gasteiger partial charge is 0.480 e. The van der Waals surface area contributed by atoms with Crippen LogP contribution in [0.3, 0.4) is 0 Å². The molecule has 0 heterocycles. The molecule has 14 N–H and O–H groups in total. The number of hydrogen-bond donors (Lipinski definition) is 10. The highest BCUT2D eigenvalue weighted by molar-refractivity contribution is 5.96. The van der Waals surface area contributed by atoms with Crippen LogP contribution in [0.4, 0.5) is 0 Å².